The number of carbonyl (C=O) groups is 2. The predicted octanol–water partition coefficient (Wildman–Crippen LogP) is 0.442. The molecule has 0 saturated carbocycles. The van der Waals surface area contributed by atoms with E-state index >= 15 is 0 Å². The van der Waals surface area contributed by atoms with Crippen LogP contribution in [0, 0.1) is 6.92 Å². The van der Waals surface area contributed by atoms with Crippen molar-refractivity contribution in [3.63, 3.8) is 0 Å². The second-order valence-corrected chi connectivity index (χ2v) is 2.68. The van der Waals surface area contributed by atoms with E-state index in [9.17, 15) is 9.59 Å². The van der Waals surface area contributed by atoms with E-state index in [0.29, 0.717) is 0 Å². The van der Waals surface area contributed by atoms with Crippen molar-refractivity contribution in [1.82, 2.24) is 9.97 Å². The third-order valence-corrected chi connectivity index (χ3v) is 1.45. The molecular formula is C8H9N3O3. The Morgan fingerprint density at radius 3 is 2.57 bits per heavy atom. The largest absolute Gasteiger partial charge is 0.476 e. The van der Waals surface area contributed by atoms with Crippen LogP contribution in [0.1, 0.15) is 23.1 Å². The maximum absolute atomic E-state index is 10.6. The first kappa shape index (κ1) is 10.1. The number of aromatic carboxylic acids is 1. The van der Waals surface area contributed by atoms with Crippen LogP contribution in [0.4, 0.5) is 5.82 Å². The Morgan fingerprint density at radius 1 is 1.50 bits per heavy atom. The molecule has 0 unspecified atom stereocenters. The van der Waals surface area contributed by atoms with Gasteiger partial charge in [0.2, 0.25) is 5.91 Å². The molecule has 0 aliphatic rings. The van der Waals surface area contributed by atoms with E-state index in [0.717, 1.165) is 0 Å². The fraction of sp³-hybridized carbons (Fsp3) is 0.250. The first-order valence-electron chi connectivity index (χ1n) is 3.85. The third-order valence-electron chi connectivity index (χ3n) is 1.45. The summed E-state index contributed by atoms with van der Waals surface area (Å²) in [6.07, 6.45) is 1.21. The molecule has 6 nitrogen and oxygen atoms in total. The standard InChI is InChI=1S/C8H9N3O3/c1-4-7(8(13)14)9-3-6(10-4)11-5(2)12/h3H,1-2H3,(H,13,14)(H,10,11,12). The quantitative estimate of drug-likeness (QED) is 0.714. The molecule has 74 valence electrons. The zero-order valence-electron chi connectivity index (χ0n) is 7.74. The Labute approximate surface area is 80.0 Å². The SMILES string of the molecule is CC(=O)Nc1cnc(C(=O)O)c(C)n1. The Kier molecular flexibility index (Phi) is 2.76. The molecule has 0 aliphatic heterocycles. The number of carboxylic acid groups (broad SMARTS) is 1. The zero-order chi connectivity index (χ0) is 10.7. The molecule has 0 spiro atoms. The summed E-state index contributed by atoms with van der Waals surface area (Å²) in [6, 6.07) is 0. The molecule has 0 aliphatic carbocycles. The van der Waals surface area contributed by atoms with Gasteiger partial charge < -0.3 is 10.4 Å². The van der Waals surface area contributed by atoms with Gasteiger partial charge in [0.25, 0.3) is 0 Å². The van der Waals surface area contributed by atoms with E-state index in [-0.39, 0.29) is 23.1 Å². The molecule has 1 amide bonds. The molecule has 1 aromatic rings. The van der Waals surface area contributed by atoms with Gasteiger partial charge in [0.05, 0.1) is 11.9 Å². The summed E-state index contributed by atoms with van der Waals surface area (Å²) in [5, 5.41) is 11.1. The predicted molar refractivity (Wildman–Crippen MR) is 48.0 cm³/mol. The lowest BCUT2D eigenvalue weighted by Crippen LogP contribution is -2.11. The molecule has 0 fully saturated rings. The second kappa shape index (κ2) is 3.82. The highest BCUT2D eigenvalue weighted by molar-refractivity contribution is 5.89. The average Bonchev–Trinajstić information content (AvgIpc) is 2.01. The number of aryl methyl sites for hydroxylation is 1. The maximum atomic E-state index is 10.6. The molecule has 1 rings (SSSR count). The zero-order valence-corrected chi connectivity index (χ0v) is 7.74. The highest BCUT2D eigenvalue weighted by Gasteiger charge is 2.10. The number of anilines is 1. The van der Waals surface area contributed by atoms with Gasteiger partial charge in [-0.05, 0) is 6.92 Å². The maximum Gasteiger partial charge on any atom is 0.356 e. The van der Waals surface area contributed by atoms with Crippen molar-refractivity contribution in [2.75, 3.05) is 5.32 Å². The summed E-state index contributed by atoms with van der Waals surface area (Å²) < 4.78 is 0. The summed E-state index contributed by atoms with van der Waals surface area (Å²) in [7, 11) is 0. The van der Waals surface area contributed by atoms with Crippen molar-refractivity contribution < 1.29 is 14.7 Å². The Balaban J connectivity index is 3.00. The lowest BCUT2D eigenvalue weighted by molar-refractivity contribution is -0.114. The molecule has 0 atom stereocenters. The van der Waals surface area contributed by atoms with Crippen LogP contribution >= 0.6 is 0 Å². The van der Waals surface area contributed by atoms with Gasteiger partial charge >= 0.3 is 5.97 Å². The summed E-state index contributed by atoms with van der Waals surface area (Å²) in [5.74, 6) is -1.16. The molecule has 2 N–H and O–H groups in total. The Morgan fingerprint density at radius 2 is 2.14 bits per heavy atom. The van der Waals surface area contributed by atoms with Gasteiger partial charge in [-0.15, -0.1) is 0 Å². The number of nitrogens with zero attached hydrogens (tertiary/aromatic N) is 2. The average molecular weight is 195 g/mol. The van der Waals surface area contributed by atoms with E-state index in [1.54, 1.807) is 0 Å². The Hall–Kier alpha value is -1.98. The van der Waals surface area contributed by atoms with Crippen molar-refractivity contribution in [2.24, 2.45) is 0 Å². The molecule has 0 bridgehead atoms. The van der Waals surface area contributed by atoms with Crippen LogP contribution in [-0.2, 0) is 4.79 Å². The van der Waals surface area contributed by atoms with Crippen LogP contribution in [0.25, 0.3) is 0 Å². The number of rotatable bonds is 2. The number of carboxylic acids is 1. The van der Waals surface area contributed by atoms with Gasteiger partial charge in [0.15, 0.2) is 11.5 Å². The first-order chi connectivity index (χ1) is 6.50. The normalized spacial score (nSPS) is 9.57. The molecule has 1 aromatic heterocycles. The minimum atomic E-state index is -1.13. The number of hydrogen-bond acceptors (Lipinski definition) is 4. The van der Waals surface area contributed by atoms with Gasteiger partial charge in [0.1, 0.15) is 0 Å². The number of carbonyl (C=O) groups excluding carboxylic acids is 1. The minimum Gasteiger partial charge on any atom is -0.476 e. The van der Waals surface area contributed by atoms with E-state index in [1.165, 1.54) is 20.0 Å². The molecular weight excluding hydrogens is 186 g/mol. The number of amides is 1. The molecule has 0 radical (unpaired) electrons. The van der Waals surface area contributed by atoms with Crippen LogP contribution in [0.2, 0.25) is 0 Å². The monoisotopic (exact) mass is 195 g/mol. The fourth-order valence-corrected chi connectivity index (χ4v) is 0.932. The van der Waals surface area contributed by atoms with Gasteiger partial charge in [-0.3, -0.25) is 4.79 Å². The highest BCUT2D eigenvalue weighted by Crippen LogP contribution is 2.06. The van der Waals surface area contributed by atoms with E-state index < -0.39 is 5.97 Å². The summed E-state index contributed by atoms with van der Waals surface area (Å²) >= 11 is 0. The van der Waals surface area contributed by atoms with Crippen LogP contribution in [0.5, 0.6) is 0 Å². The third kappa shape index (κ3) is 2.25. The lowest BCUT2D eigenvalue weighted by atomic mass is 10.3. The molecule has 6 heteroatoms. The molecule has 1 heterocycles. The van der Waals surface area contributed by atoms with Crippen LogP contribution in [0.15, 0.2) is 6.20 Å². The van der Waals surface area contributed by atoms with Crippen molar-refractivity contribution in [3.8, 4) is 0 Å². The van der Waals surface area contributed by atoms with Crippen molar-refractivity contribution in [1.29, 1.82) is 0 Å². The Bertz CT molecular complexity index is 389. The summed E-state index contributed by atoms with van der Waals surface area (Å²) in [4.78, 5) is 28.7. The number of nitrogens with one attached hydrogen (secondary N) is 1. The van der Waals surface area contributed by atoms with Crippen molar-refractivity contribution in [2.45, 2.75) is 13.8 Å². The van der Waals surface area contributed by atoms with E-state index in [2.05, 4.69) is 15.3 Å². The van der Waals surface area contributed by atoms with Crippen molar-refractivity contribution >= 4 is 17.7 Å². The fourth-order valence-electron chi connectivity index (χ4n) is 0.932. The van der Waals surface area contributed by atoms with Crippen molar-refractivity contribution in [3.05, 3.63) is 17.6 Å². The smallest absolute Gasteiger partial charge is 0.356 e. The molecule has 0 saturated heterocycles. The van der Waals surface area contributed by atoms with Crippen LogP contribution in [0.3, 0.4) is 0 Å². The van der Waals surface area contributed by atoms with Crippen LogP contribution in [-0.4, -0.2) is 27.0 Å². The molecule has 0 aromatic carbocycles. The minimum absolute atomic E-state index is 0.112. The van der Waals surface area contributed by atoms with Gasteiger partial charge in [-0.25, -0.2) is 14.8 Å². The number of aromatic nitrogens is 2. The first-order valence-corrected chi connectivity index (χ1v) is 3.85. The molecule has 14 heavy (non-hydrogen) atoms. The topological polar surface area (TPSA) is 92.2 Å². The summed E-state index contributed by atoms with van der Waals surface area (Å²) in [5.41, 5.74) is 0.155. The van der Waals surface area contributed by atoms with E-state index in [1.807, 2.05) is 0 Å². The highest BCUT2D eigenvalue weighted by atomic mass is 16.4. The van der Waals surface area contributed by atoms with Gasteiger partial charge in [0, 0.05) is 6.92 Å². The van der Waals surface area contributed by atoms with Gasteiger partial charge in [-0.1, -0.05) is 0 Å². The number of hydrogen-bond donors (Lipinski definition) is 2. The second-order valence-electron chi connectivity index (χ2n) is 2.68. The lowest BCUT2D eigenvalue weighted by Gasteiger charge is -2.03. The van der Waals surface area contributed by atoms with Gasteiger partial charge in [-0.2, -0.15) is 0 Å². The van der Waals surface area contributed by atoms with Crippen LogP contribution < -0.4 is 5.32 Å². The summed E-state index contributed by atoms with van der Waals surface area (Å²) in [6.45, 7) is 2.85. The van der Waals surface area contributed by atoms with E-state index in [4.69, 9.17) is 5.11 Å².